The van der Waals surface area contributed by atoms with Crippen LogP contribution in [0.5, 0.6) is 0 Å². The van der Waals surface area contributed by atoms with Gasteiger partial charge >= 0.3 is 0 Å². The summed E-state index contributed by atoms with van der Waals surface area (Å²) in [5.41, 5.74) is 2.63. The van der Waals surface area contributed by atoms with Crippen LogP contribution in [0.25, 0.3) is 11.5 Å². The van der Waals surface area contributed by atoms with E-state index in [2.05, 4.69) is 10.3 Å². The first kappa shape index (κ1) is 18.4. The van der Waals surface area contributed by atoms with E-state index >= 15 is 0 Å². The van der Waals surface area contributed by atoms with Crippen molar-refractivity contribution in [1.82, 2.24) is 10.3 Å². The zero-order valence-corrected chi connectivity index (χ0v) is 15.4. The maximum absolute atomic E-state index is 12.2. The van der Waals surface area contributed by atoms with Crippen LogP contribution in [0.4, 0.5) is 0 Å². The lowest BCUT2D eigenvalue weighted by atomic mass is 10.1. The Bertz CT molecular complexity index is 740. The number of oxazole rings is 1. The summed E-state index contributed by atoms with van der Waals surface area (Å²) in [6.07, 6.45) is 0.848. The average molecular weight is 348 g/mol. The lowest BCUT2D eigenvalue weighted by Crippen LogP contribution is -2.35. The number of rotatable bonds is 7. The van der Waals surface area contributed by atoms with Crippen molar-refractivity contribution in [3.05, 3.63) is 41.3 Å². The zero-order valence-electron chi connectivity index (χ0n) is 14.6. The van der Waals surface area contributed by atoms with Crippen LogP contribution in [-0.4, -0.2) is 26.9 Å². The van der Waals surface area contributed by atoms with Crippen molar-refractivity contribution in [3.63, 3.8) is 0 Å². The number of carbonyl (C=O) groups excluding carboxylic acids is 1. The van der Waals surface area contributed by atoms with Gasteiger partial charge in [0.05, 0.1) is 11.4 Å². The number of nitrogens with zero attached hydrogens (tertiary/aromatic N) is 1. The van der Waals surface area contributed by atoms with Crippen LogP contribution in [0.15, 0.2) is 28.7 Å². The number of benzene rings is 1. The van der Waals surface area contributed by atoms with Gasteiger partial charge in [0.15, 0.2) is 0 Å². The fourth-order valence-electron chi connectivity index (χ4n) is 2.26. The molecule has 0 bridgehead atoms. The number of hydrogen-bond donors (Lipinski definition) is 1. The maximum atomic E-state index is 12.2. The van der Waals surface area contributed by atoms with Crippen LogP contribution >= 0.6 is 0 Å². The fourth-order valence-corrected chi connectivity index (χ4v) is 3.31. The highest BCUT2D eigenvalue weighted by molar-refractivity contribution is 7.84. The first-order valence-electron chi connectivity index (χ1n) is 8.07. The molecule has 0 saturated carbocycles. The minimum absolute atomic E-state index is 0.0175. The lowest BCUT2D eigenvalue weighted by molar-refractivity contribution is -0.119. The van der Waals surface area contributed by atoms with Gasteiger partial charge in [-0.3, -0.25) is 9.00 Å². The minimum Gasteiger partial charge on any atom is -0.441 e. The van der Waals surface area contributed by atoms with E-state index < -0.39 is 10.8 Å². The zero-order chi connectivity index (χ0) is 17.7. The summed E-state index contributed by atoms with van der Waals surface area (Å²) in [6.45, 7) is 7.72. The largest absolute Gasteiger partial charge is 0.441 e. The molecule has 6 heteroatoms. The number of hydrogen-bond acceptors (Lipinski definition) is 4. The molecule has 1 heterocycles. The van der Waals surface area contributed by atoms with E-state index in [4.69, 9.17) is 4.42 Å². The van der Waals surface area contributed by atoms with Gasteiger partial charge in [0, 0.05) is 22.4 Å². The molecule has 0 aliphatic carbocycles. The van der Waals surface area contributed by atoms with Crippen LogP contribution < -0.4 is 5.32 Å². The summed E-state index contributed by atoms with van der Waals surface area (Å²) in [7, 11) is -1.31. The van der Waals surface area contributed by atoms with Gasteiger partial charge in [-0.15, -0.1) is 0 Å². The van der Waals surface area contributed by atoms with E-state index in [1.165, 1.54) is 0 Å². The third-order valence-electron chi connectivity index (χ3n) is 3.88. The van der Waals surface area contributed by atoms with Crippen molar-refractivity contribution in [2.45, 2.75) is 45.9 Å². The number of nitrogens with one attached hydrogen (secondary N) is 1. The van der Waals surface area contributed by atoms with Gasteiger partial charge in [-0.1, -0.05) is 25.1 Å². The van der Waals surface area contributed by atoms with E-state index in [0.717, 1.165) is 17.5 Å². The number of aromatic nitrogens is 1. The third kappa shape index (κ3) is 4.77. The van der Waals surface area contributed by atoms with Crippen LogP contribution in [-0.2, 0) is 21.3 Å². The molecule has 1 aromatic heterocycles. The summed E-state index contributed by atoms with van der Waals surface area (Å²) < 4.78 is 17.9. The smallest absolute Gasteiger partial charge is 0.232 e. The molecule has 5 nitrogen and oxygen atoms in total. The molecule has 2 rings (SSSR count). The summed E-state index contributed by atoms with van der Waals surface area (Å²) in [5.74, 6) is 1.18. The number of aryl methyl sites for hydroxylation is 2. The molecule has 1 aromatic carbocycles. The first-order valence-corrected chi connectivity index (χ1v) is 9.56. The summed E-state index contributed by atoms with van der Waals surface area (Å²) >= 11 is 0. The molecule has 1 amide bonds. The average Bonchev–Trinajstić information content (AvgIpc) is 2.87. The first-order chi connectivity index (χ1) is 11.4. The Morgan fingerprint density at radius 1 is 1.33 bits per heavy atom. The van der Waals surface area contributed by atoms with Gasteiger partial charge < -0.3 is 9.73 Å². The minimum atomic E-state index is -1.31. The van der Waals surface area contributed by atoms with Crippen molar-refractivity contribution in [2.24, 2.45) is 0 Å². The molecule has 2 atom stereocenters. The van der Waals surface area contributed by atoms with E-state index in [9.17, 15) is 9.00 Å². The predicted molar refractivity (Wildman–Crippen MR) is 96.0 cm³/mol. The molecule has 2 aromatic rings. The van der Waals surface area contributed by atoms with E-state index in [-0.39, 0.29) is 23.5 Å². The molecular formula is C18H24N2O3S. The molecule has 0 fully saturated rings. The van der Waals surface area contributed by atoms with Crippen LogP contribution in [0, 0.1) is 13.8 Å². The quantitative estimate of drug-likeness (QED) is 0.834. The second-order valence-corrected chi connectivity index (χ2v) is 7.40. The van der Waals surface area contributed by atoms with Crippen LogP contribution in [0.2, 0.25) is 0 Å². The van der Waals surface area contributed by atoms with Crippen molar-refractivity contribution in [3.8, 4) is 11.5 Å². The van der Waals surface area contributed by atoms with Gasteiger partial charge in [0.25, 0.3) is 0 Å². The van der Waals surface area contributed by atoms with Gasteiger partial charge in [-0.05, 0) is 38.8 Å². The van der Waals surface area contributed by atoms with E-state index in [0.29, 0.717) is 17.3 Å². The number of carbonyl (C=O) groups is 1. The molecule has 130 valence electrons. The topological polar surface area (TPSA) is 72.2 Å². The van der Waals surface area contributed by atoms with Crippen molar-refractivity contribution >= 4 is 16.7 Å². The standard InChI is InChI=1S/C18H24N2O3S/c1-5-13(3)19-17(21)11-24(22)10-16-14(4)23-18(20-16)15-9-7-6-8-12(15)2/h6-9,13H,5,10-11H2,1-4H3,(H,19,21)/t13-,24+/m0/s1. The molecule has 0 unspecified atom stereocenters. The van der Waals surface area contributed by atoms with Gasteiger partial charge in [-0.2, -0.15) is 0 Å². The molecule has 24 heavy (non-hydrogen) atoms. The monoisotopic (exact) mass is 348 g/mol. The fraction of sp³-hybridized carbons (Fsp3) is 0.444. The van der Waals surface area contributed by atoms with Gasteiger partial charge in [0.2, 0.25) is 11.8 Å². The molecule has 0 aliphatic heterocycles. The normalized spacial score (nSPS) is 13.5. The van der Waals surface area contributed by atoms with Gasteiger partial charge in [0.1, 0.15) is 11.5 Å². The molecule has 0 saturated heterocycles. The van der Waals surface area contributed by atoms with E-state index in [1.54, 1.807) is 6.92 Å². The second-order valence-electron chi connectivity index (χ2n) is 5.94. The Morgan fingerprint density at radius 2 is 2.04 bits per heavy atom. The highest BCUT2D eigenvalue weighted by Gasteiger charge is 2.17. The Kier molecular flexibility index (Phi) is 6.31. The molecule has 0 spiro atoms. The number of amides is 1. The third-order valence-corrected chi connectivity index (χ3v) is 5.06. The molecule has 0 radical (unpaired) electrons. The molecule has 0 aliphatic rings. The van der Waals surface area contributed by atoms with Crippen molar-refractivity contribution < 1.29 is 13.4 Å². The summed E-state index contributed by atoms with van der Waals surface area (Å²) in [4.78, 5) is 16.3. The Balaban J connectivity index is 2.04. The Labute approximate surface area is 145 Å². The van der Waals surface area contributed by atoms with E-state index in [1.807, 2.05) is 45.0 Å². The second kappa shape index (κ2) is 8.24. The highest BCUT2D eigenvalue weighted by atomic mass is 32.2. The highest BCUT2D eigenvalue weighted by Crippen LogP contribution is 2.25. The summed E-state index contributed by atoms with van der Waals surface area (Å²) in [5, 5.41) is 2.82. The summed E-state index contributed by atoms with van der Waals surface area (Å²) in [6, 6.07) is 7.92. The molecule has 1 N–H and O–H groups in total. The van der Waals surface area contributed by atoms with Gasteiger partial charge in [-0.25, -0.2) is 4.98 Å². The van der Waals surface area contributed by atoms with Crippen LogP contribution in [0.3, 0.4) is 0 Å². The SMILES string of the molecule is CC[C@H](C)NC(=O)C[S@](=O)Cc1nc(-c2ccccc2C)oc1C. The van der Waals surface area contributed by atoms with Crippen LogP contribution in [0.1, 0.15) is 37.3 Å². The molecular weight excluding hydrogens is 324 g/mol. The van der Waals surface area contributed by atoms with Crippen molar-refractivity contribution in [1.29, 1.82) is 0 Å². The Morgan fingerprint density at radius 3 is 2.71 bits per heavy atom. The lowest BCUT2D eigenvalue weighted by Gasteiger charge is -2.10. The Hall–Kier alpha value is -1.95. The maximum Gasteiger partial charge on any atom is 0.232 e. The van der Waals surface area contributed by atoms with Crippen molar-refractivity contribution in [2.75, 3.05) is 5.75 Å². The predicted octanol–water partition coefficient (Wildman–Crippen LogP) is 3.12.